The van der Waals surface area contributed by atoms with Gasteiger partial charge >= 0.3 is 0 Å². The van der Waals surface area contributed by atoms with Crippen LogP contribution in [0.5, 0.6) is 0 Å². The molecule has 0 saturated carbocycles. The Morgan fingerprint density at radius 1 is 1.00 bits per heavy atom. The first-order valence-electron chi connectivity index (χ1n) is 6.53. The van der Waals surface area contributed by atoms with Crippen molar-refractivity contribution in [2.45, 2.75) is 71.4 Å². The average Bonchev–Trinajstić information content (AvgIpc) is 2.24. The summed E-state index contributed by atoms with van der Waals surface area (Å²) in [6, 6.07) is 1.22. The van der Waals surface area contributed by atoms with Crippen LogP contribution >= 0.6 is 0 Å². The van der Waals surface area contributed by atoms with E-state index in [9.17, 15) is 0 Å². The number of hydrogen-bond donors (Lipinski definition) is 1. The molecule has 0 aromatic heterocycles. The number of nitrogens with one attached hydrogen (secondary N) is 1. The molecule has 0 radical (unpaired) electrons. The summed E-state index contributed by atoms with van der Waals surface area (Å²) in [4.78, 5) is 0. The monoisotopic (exact) mass is 215 g/mol. The third kappa shape index (κ3) is 7.80. The van der Waals surface area contributed by atoms with Crippen molar-refractivity contribution < 1.29 is 4.74 Å². The van der Waals surface area contributed by atoms with Crippen LogP contribution in [0.25, 0.3) is 0 Å². The predicted octanol–water partition coefficient (Wildman–Crippen LogP) is 3.36. The number of rotatable bonds is 10. The maximum absolute atomic E-state index is 5.24. The minimum atomic E-state index is 0.543. The van der Waals surface area contributed by atoms with E-state index in [-0.39, 0.29) is 0 Å². The minimum absolute atomic E-state index is 0.543. The lowest BCUT2D eigenvalue weighted by Crippen LogP contribution is -2.40. The first-order chi connectivity index (χ1) is 7.28. The highest BCUT2D eigenvalue weighted by Gasteiger charge is 2.12. The Hall–Kier alpha value is -0.0800. The highest BCUT2D eigenvalue weighted by atomic mass is 16.5. The third-order valence-corrected chi connectivity index (χ3v) is 2.88. The normalized spacial score (nSPS) is 15.2. The Bertz CT molecular complexity index is 122. The molecule has 0 heterocycles. The molecule has 0 rings (SSSR count). The van der Waals surface area contributed by atoms with Gasteiger partial charge in [0.1, 0.15) is 0 Å². The van der Waals surface area contributed by atoms with E-state index in [1.54, 1.807) is 7.11 Å². The van der Waals surface area contributed by atoms with E-state index in [1.165, 1.54) is 38.5 Å². The van der Waals surface area contributed by atoms with Crippen molar-refractivity contribution in [1.29, 1.82) is 0 Å². The van der Waals surface area contributed by atoms with E-state index in [1.807, 2.05) is 0 Å². The molecule has 0 aromatic carbocycles. The smallest absolute Gasteiger partial charge is 0.0615 e. The van der Waals surface area contributed by atoms with Crippen molar-refractivity contribution in [2.24, 2.45) is 0 Å². The molecule has 0 spiro atoms. The zero-order valence-electron chi connectivity index (χ0n) is 11.0. The van der Waals surface area contributed by atoms with Crippen molar-refractivity contribution >= 4 is 0 Å². The summed E-state index contributed by atoms with van der Waals surface area (Å²) in [6.07, 6.45) is 7.60. The molecular formula is C13H29NO. The third-order valence-electron chi connectivity index (χ3n) is 2.88. The average molecular weight is 215 g/mol. The largest absolute Gasteiger partial charge is 0.383 e. The molecule has 2 unspecified atom stereocenters. The fourth-order valence-electron chi connectivity index (χ4n) is 1.95. The van der Waals surface area contributed by atoms with E-state index >= 15 is 0 Å². The van der Waals surface area contributed by atoms with Crippen molar-refractivity contribution in [3.8, 4) is 0 Å². The molecule has 0 aromatic rings. The number of ether oxygens (including phenoxy) is 1. The van der Waals surface area contributed by atoms with Crippen molar-refractivity contribution in [3.63, 3.8) is 0 Å². The molecule has 0 bridgehead atoms. The van der Waals surface area contributed by atoms with Crippen LogP contribution in [-0.2, 0) is 4.74 Å². The Labute approximate surface area is 95.8 Å². The summed E-state index contributed by atoms with van der Waals surface area (Å²) in [7, 11) is 1.79. The summed E-state index contributed by atoms with van der Waals surface area (Å²) in [5, 5.41) is 3.72. The van der Waals surface area contributed by atoms with Gasteiger partial charge in [0.25, 0.3) is 0 Å². The lowest BCUT2D eigenvalue weighted by atomic mass is 10.0. The Morgan fingerprint density at radius 2 is 1.73 bits per heavy atom. The molecule has 0 aliphatic heterocycles. The molecule has 0 amide bonds. The van der Waals surface area contributed by atoms with Gasteiger partial charge in [-0.15, -0.1) is 0 Å². The van der Waals surface area contributed by atoms with Crippen molar-refractivity contribution in [3.05, 3.63) is 0 Å². The molecule has 0 fully saturated rings. The Balaban J connectivity index is 3.85. The van der Waals surface area contributed by atoms with Gasteiger partial charge < -0.3 is 10.1 Å². The van der Waals surface area contributed by atoms with Gasteiger partial charge in [0.2, 0.25) is 0 Å². The van der Waals surface area contributed by atoms with Crippen LogP contribution in [0, 0.1) is 0 Å². The van der Waals surface area contributed by atoms with E-state index in [0.717, 1.165) is 6.61 Å². The number of unbranched alkanes of at least 4 members (excludes halogenated alkanes) is 1. The zero-order chi connectivity index (χ0) is 11.5. The molecule has 2 nitrogen and oxygen atoms in total. The first-order valence-corrected chi connectivity index (χ1v) is 6.53. The second kappa shape index (κ2) is 10.4. The number of hydrogen-bond acceptors (Lipinski definition) is 2. The van der Waals surface area contributed by atoms with E-state index in [4.69, 9.17) is 4.74 Å². The summed E-state index contributed by atoms with van der Waals surface area (Å²) >= 11 is 0. The molecule has 2 atom stereocenters. The van der Waals surface area contributed by atoms with Gasteiger partial charge in [-0.3, -0.25) is 0 Å². The first kappa shape index (κ1) is 14.9. The maximum atomic E-state index is 5.24. The van der Waals surface area contributed by atoms with E-state index < -0.39 is 0 Å². The second-order valence-electron chi connectivity index (χ2n) is 4.36. The van der Waals surface area contributed by atoms with Gasteiger partial charge in [0, 0.05) is 19.2 Å². The van der Waals surface area contributed by atoms with Crippen LogP contribution in [0.1, 0.15) is 59.3 Å². The predicted molar refractivity (Wildman–Crippen MR) is 67.3 cm³/mol. The summed E-state index contributed by atoms with van der Waals surface area (Å²) in [6.45, 7) is 7.60. The van der Waals surface area contributed by atoms with Gasteiger partial charge in [0.15, 0.2) is 0 Å². The van der Waals surface area contributed by atoms with Crippen LogP contribution in [-0.4, -0.2) is 25.8 Å². The van der Waals surface area contributed by atoms with Crippen LogP contribution in [0.4, 0.5) is 0 Å². The summed E-state index contributed by atoms with van der Waals surface area (Å²) < 4.78 is 5.24. The zero-order valence-corrected chi connectivity index (χ0v) is 11.0. The van der Waals surface area contributed by atoms with Crippen LogP contribution in [0.3, 0.4) is 0 Å². The Kier molecular flexibility index (Phi) is 10.4. The topological polar surface area (TPSA) is 21.3 Å². The lowest BCUT2D eigenvalue weighted by molar-refractivity contribution is 0.154. The van der Waals surface area contributed by atoms with Crippen molar-refractivity contribution in [2.75, 3.05) is 13.7 Å². The highest BCUT2D eigenvalue weighted by Crippen LogP contribution is 2.07. The van der Waals surface area contributed by atoms with Gasteiger partial charge in [-0.1, -0.05) is 40.0 Å². The van der Waals surface area contributed by atoms with Gasteiger partial charge in [-0.2, -0.15) is 0 Å². The molecule has 15 heavy (non-hydrogen) atoms. The quantitative estimate of drug-likeness (QED) is 0.603. The molecule has 92 valence electrons. The Morgan fingerprint density at radius 3 is 2.20 bits per heavy atom. The van der Waals surface area contributed by atoms with Gasteiger partial charge in [0.05, 0.1) is 6.61 Å². The fraction of sp³-hybridized carbons (Fsp3) is 1.00. The minimum Gasteiger partial charge on any atom is -0.383 e. The highest BCUT2D eigenvalue weighted by molar-refractivity contribution is 4.73. The molecule has 0 saturated heterocycles. The fourth-order valence-corrected chi connectivity index (χ4v) is 1.95. The molecule has 0 aliphatic carbocycles. The number of methoxy groups -OCH3 is 1. The molecule has 1 N–H and O–H groups in total. The standard InChI is InChI=1S/C13H29NO/c1-5-8-10-12(7-3)14-13(9-6-2)11-15-4/h12-14H,5-11H2,1-4H3. The maximum Gasteiger partial charge on any atom is 0.0615 e. The lowest BCUT2D eigenvalue weighted by Gasteiger charge is -2.24. The summed E-state index contributed by atoms with van der Waals surface area (Å²) in [5.74, 6) is 0. The second-order valence-corrected chi connectivity index (χ2v) is 4.36. The molecule has 0 aliphatic rings. The molecule has 2 heteroatoms. The van der Waals surface area contributed by atoms with Crippen molar-refractivity contribution in [1.82, 2.24) is 5.32 Å². The van der Waals surface area contributed by atoms with Gasteiger partial charge in [-0.25, -0.2) is 0 Å². The van der Waals surface area contributed by atoms with E-state index in [0.29, 0.717) is 12.1 Å². The van der Waals surface area contributed by atoms with E-state index in [2.05, 4.69) is 26.1 Å². The molecular weight excluding hydrogens is 186 g/mol. The van der Waals surface area contributed by atoms with Crippen LogP contribution < -0.4 is 5.32 Å². The van der Waals surface area contributed by atoms with Gasteiger partial charge in [-0.05, 0) is 19.3 Å². The summed E-state index contributed by atoms with van der Waals surface area (Å²) in [5.41, 5.74) is 0. The SMILES string of the molecule is CCCCC(CC)NC(CCC)COC. The van der Waals surface area contributed by atoms with Crippen LogP contribution in [0.2, 0.25) is 0 Å². The van der Waals surface area contributed by atoms with Crippen LogP contribution in [0.15, 0.2) is 0 Å².